The minimum atomic E-state index is -2.74. The number of nitrogens with zero attached hydrogens (tertiary/aromatic N) is 3. The molecular formula is C18H22ClF2N3O4. The summed E-state index contributed by atoms with van der Waals surface area (Å²) in [6.07, 6.45) is -5.12. The molecule has 7 atom stereocenters. The summed E-state index contributed by atoms with van der Waals surface area (Å²) >= 11 is 6.16. The highest BCUT2D eigenvalue weighted by atomic mass is 35.5. The first kappa shape index (κ1) is 21.1. The zero-order chi connectivity index (χ0) is 20.6. The lowest BCUT2D eigenvalue weighted by Crippen LogP contribution is -2.59. The largest absolute Gasteiger partial charge is 0.394 e. The second-order valence-corrected chi connectivity index (χ2v) is 7.53. The number of hydrogen-bond acceptors (Lipinski definition) is 6. The molecule has 1 aliphatic heterocycles. The van der Waals surface area contributed by atoms with Gasteiger partial charge in [-0.15, -0.1) is 5.10 Å². The molecular weight excluding hydrogens is 396 g/mol. The van der Waals surface area contributed by atoms with Crippen LogP contribution < -0.4 is 0 Å². The Kier molecular flexibility index (Phi) is 6.02. The van der Waals surface area contributed by atoms with Crippen LogP contribution in [0, 0.1) is 5.92 Å². The van der Waals surface area contributed by atoms with Crippen molar-refractivity contribution in [2.45, 2.75) is 50.2 Å². The third-order valence-corrected chi connectivity index (χ3v) is 5.43. The highest BCUT2D eigenvalue weighted by Gasteiger charge is 2.55. The van der Waals surface area contributed by atoms with Gasteiger partial charge in [-0.3, -0.25) is 0 Å². The highest BCUT2D eigenvalue weighted by molar-refractivity contribution is 6.33. The van der Waals surface area contributed by atoms with Gasteiger partial charge >= 0.3 is 0 Å². The fourth-order valence-electron chi connectivity index (χ4n) is 3.50. The first-order chi connectivity index (χ1) is 13.2. The van der Waals surface area contributed by atoms with E-state index in [9.17, 15) is 19.0 Å². The van der Waals surface area contributed by atoms with E-state index >= 15 is 0 Å². The molecule has 1 aromatic heterocycles. The fourth-order valence-corrected chi connectivity index (χ4v) is 3.73. The maximum atomic E-state index is 15.0. The van der Waals surface area contributed by atoms with E-state index < -0.39 is 48.9 Å². The van der Waals surface area contributed by atoms with Gasteiger partial charge in [0.15, 0.2) is 6.17 Å². The van der Waals surface area contributed by atoms with E-state index in [2.05, 4.69) is 10.3 Å². The van der Waals surface area contributed by atoms with Crippen LogP contribution in [-0.2, 0) is 4.74 Å². The predicted octanol–water partition coefficient (Wildman–Crippen LogP) is 1.91. The molecule has 3 N–H and O–H groups in total. The maximum absolute atomic E-state index is 15.0. The predicted molar refractivity (Wildman–Crippen MR) is 97.1 cm³/mol. The van der Waals surface area contributed by atoms with Crippen molar-refractivity contribution in [1.82, 2.24) is 15.0 Å². The van der Waals surface area contributed by atoms with E-state index in [-0.39, 0.29) is 0 Å². The molecule has 1 fully saturated rings. The first-order valence-electron chi connectivity index (χ1n) is 8.82. The van der Waals surface area contributed by atoms with E-state index in [1.54, 1.807) is 31.2 Å². The van der Waals surface area contributed by atoms with E-state index in [1.807, 2.05) is 0 Å². The van der Waals surface area contributed by atoms with Gasteiger partial charge in [0.2, 0.25) is 5.85 Å². The van der Waals surface area contributed by atoms with E-state index in [0.717, 1.165) is 6.92 Å². The van der Waals surface area contributed by atoms with Gasteiger partial charge in [0.05, 0.1) is 30.0 Å². The van der Waals surface area contributed by atoms with E-state index in [4.69, 9.17) is 21.4 Å². The minimum Gasteiger partial charge on any atom is -0.394 e. The highest BCUT2D eigenvalue weighted by Crippen LogP contribution is 2.44. The Hall–Kier alpha value is -1.65. The fraction of sp³-hybridized carbons (Fsp3) is 0.556. The van der Waals surface area contributed by atoms with Gasteiger partial charge in [-0.25, -0.2) is 13.5 Å². The first-order valence-corrected chi connectivity index (χ1v) is 9.19. The zero-order valence-corrected chi connectivity index (χ0v) is 16.0. The minimum absolute atomic E-state index is 0.379. The number of hydrogen-bond donors (Lipinski definition) is 3. The summed E-state index contributed by atoms with van der Waals surface area (Å²) in [5.74, 6) is -3.54. The molecule has 3 rings (SSSR count). The van der Waals surface area contributed by atoms with Gasteiger partial charge in [0.1, 0.15) is 17.9 Å². The Bertz CT molecular complexity index is 822. The van der Waals surface area contributed by atoms with E-state index in [0.29, 0.717) is 16.3 Å². The number of ether oxygens (including phenoxy) is 1. The lowest BCUT2D eigenvalue weighted by atomic mass is 9.82. The van der Waals surface area contributed by atoms with Crippen molar-refractivity contribution in [2.75, 3.05) is 6.61 Å². The Labute approximate surface area is 165 Å². The quantitative estimate of drug-likeness (QED) is 0.687. The Morgan fingerprint density at radius 1 is 1.36 bits per heavy atom. The Morgan fingerprint density at radius 3 is 2.68 bits per heavy atom. The Balaban J connectivity index is 1.96. The lowest BCUT2D eigenvalue weighted by Gasteiger charge is -2.46. The summed E-state index contributed by atoms with van der Waals surface area (Å²) in [6, 6.07) is 5.74. The van der Waals surface area contributed by atoms with E-state index in [1.165, 1.54) is 10.9 Å². The van der Waals surface area contributed by atoms with Crippen molar-refractivity contribution in [3.05, 3.63) is 35.5 Å². The molecule has 0 aliphatic carbocycles. The number of rotatable bonds is 5. The molecule has 1 saturated heterocycles. The van der Waals surface area contributed by atoms with Gasteiger partial charge < -0.3 is 20.1 Å². The monoisotopic (exact) mass is 417 g/mol. The normalized spacial score (nSPS) is 32.9. The van der Waals surface area contributed by atoms with Crippen LogP contribution in [0.15, 0.2) is 30.5 Å². The van der Waals surface area contributed by atoms with Crippen molar-refractivity contribution in [2.24, 2.45) is 5.92 Å². The van der Waals surface area contributed by atoms with Crippen LogP contribution in [0.3, 0.4) is 0 Å². The zero-order valence-electron chi connectivity index (χ0n) is 15.3. The Morgan fingerprint density at radius 2 is 2.04 bits per heavy atom. The van der Waals surface area contributed by atoms with Crippen LogP contribution in [0.25, 0.3) is 11.3 Å². The van der Waals surface area contributed by atoms with Crippen LogP contribution >= 0.6 is 11.6 Å². The number of alkyl halides is 2. The van der Waals surface area contributed by atoms with Crippen LogP contribution in [-0.4, -0.2) is 67.3 Å². The molecule has 0 spiro atoms. The molecule has 2 unspecified atom stereocenters. The summed E-state index contributed by atoms with van der Waals surface area (Å²) in [6.45, 7) is 1.70. The molecule has 2 heterocycles. The summed E-state index contributed by atoms with van der Waals surface area (Å²) in [4.78, 5) is 0. The molecule has 1 aromatic carbocycles. The van der Waals surface area contributed by atoms with Crippen molar-refractivity contribution >= 4 is 11.6 Å². The summed E-state index contributed by atoms with van der Waals surface area (Å²) in [7, 11) is 0. The molecule has 7 nitrogen and oxygen atoms in total. The molecule has 154 valence electrons. The second kappa shape index (κ2) is 8.00. The number of halogens is 3. The second-order valence-electron chi connectivity index (χ2n) is 7.12. The molecule has 0 bridgehead atoms. The lowest BCUT2D eigenvalue weighted by molar-refractivity contribution is -0.288. The third kappa shape index (κ3) is 3.77. The van der Waals surface area contributed by atoms with Crippen LogP contribution in [0.4, 0.5) is 8.78 Å². The van der Waals surface area contributed by atoms with Gasteiger partial charge in [-0.2, -0.15) is 0 Å². The van der Waals surface area contributed by atoms with Crippen LogP contribution in [0.1, 0.15) is 19.9 Å². The number of aliphatic hydroxyl groups is 3. The molecule has 28 heavy (non-hydrogen) atoms. The third-order valence-electron chi connectivity index (χ3n) is 5.10. The molecule has 0 radical (unpaired) electrons. The molecule has 0 saturated carbocycles. The topological polar surface area (TPSA) is 101 Å². The van der Waals surface area contributed by atoms with Crippen molar-refractivity contribution in [1.29, 1.82) is 0 Å². The van der Waals surface area contributed by atoms with Gasteiger partial charge in [0.25, 0.3) is 0 Å². The average Bonchev–Trinajstić information content (AvgIpc) is 3.13. The standard InChI is InChI=1S/C18H22ClF2N3O4/c1-9-14(17(20)18(2,21)28-16(9)15(27)13(26)8-25)24-7-12(22-23-24)10-5-3-4-6-11(10)19/h3-7,9,13-17,25-27H,8H2,1-2H3/t9-,13-,14-,15-,16-,17?,18?/m1/s1. The number of aromatic nitrogens is 3. The average molecular weight is 418 g/mol. The summed E-state index contributed by atoms with van der Waals surface area (Å²) in [5, 5.41) is 37.4. The van der Waals surface area contributed by atoms with Gasteiger partial charge in [-0.1, -0.05) is 41.9 Å². The van der Waals surface area contributed by atoms with Crippen molar-refractivity contribution in [3.63, 3.8) is 0 Å². The number of aliphatic hydroxyl groups excluding tert-OH is 3. The van der Waals surface area contributed by atoms with Gasteiger partial charge in [-0.05, 0) is 13.0 Å². The molecule has 0 amide bonds. The smallest absolute Gasteiger partial charge is 0.240 e. The molecule has 2 aromatic rings. The van der Waals surface area contributed by atoms with Gasteiger partial charge in [0, 0.05) is 11.5 Å². The van der Waals surface area contributed by atoms with Crippen LogP contribution in [0.5, 0.6) is 0 Å². The maximum Gasteiger partial charge on any atom is 0.240 e. The SMILES string of the molecule is C[C@H]1[C@H]([C@H](O)[C@H](O)CO)OC(C)(F)C(F)[C@@H]1n1cc(-c2ccccc2Cl)nn1. The summed E-state index contributed by atoms with van der Waals surface area (Å²) in [5.41, 5.74) is 0.963. The summed E-state index contributed by atoms with van der Waals surface area (Å²) < 4.78 is 36.1. The van der Waals surface area contributed by atoms with Crippen molar-refractivity contribution < 1.29 is 28.8 Å². The van der Waals surface area contributed by atoms with Crippen LogP contribution in [0.2, 0.25) is 5.02 Å². The molecule has 10 heteroatoms. The van der Waals surface area contributed by atoms with Crippen molar-refractivity contribution in [3.8, 4) is 11.3 Å². The number of benzene rings is 1. The molecule has 1 aliphatic rings.